The second-order valence-electron chi connectivity index (χ2n) is 3.18. The zero-order valence-corrected chi connectivity index (χ0v) is 8.99. The molecule has 0 bridgehead atoms. The lowest BCUT2D eigenvalue weighted by atomic mass is 10.2. The average Bonchev–Trinajstić information content (AvgIpc) is 2.69. The summed E-state index contributed by atoms with van der Waals surface area (Å²) in [5, 5.41) is 21.5. The number of aliphatic carboxylic acids is 1. The van der Waals surface area contributed by atoms with E-state index in [0.29, 0.717) is 12.8 Å². The Morgan fingerprint density at radius 3 is 3.00 bits per heavy atom. The predicted octanol–water partition coefficient (Wildman–Crippen LogP) is 0.902. The van der Waals surface area contributed by atoms with Gasteiger partial charge in [0, 0.05) is 12.8 Å². The molecule has 2 aromatic rings. The molecule has 0 fully saturated rings. The summed E-state index contributed by atoms with van der Waals surface area (Å²) in [6.45, 7) is 1.83. The molecule has 0 aliphatic heterocycles. The number of hydrogen-bond acceptors (Lipinski definition) is 5. The maximum absolute atomic E-state index is 10.3. The molecule has 0 saturated carbocycles. The molecule has 0 radical (unpaired) electrons. The lowest BCUT2D eigenvalue weighted by Crippen LogP contribution is -1.96. The Labute approximate surface area is 89.6 Å². The molecule has 0 atom stereocenters. The second kappa shape index (κ2) is 3.93. The van der Waals surface area contributed by atoms with Crippen molar-refractivity contribution < 1.29 is 9.90 Å². The van der Waals surface area contributed by atoms with Gasteiger partial charge < -0.3 is 5.11 Å². The van der Waals surface area contributed by atoms with Crippen molar-refractivity contribution >= 4 is 22.3 Å². The van der Waals surface area contributed by atoms with Crippen molar-refractivity contribution in [2.45, 2.75) is 26.2 Å². The zero-order chi connectivity index (χ0) is 10.8. The van der Waals surface area contributed by atoms with E-state index in [1.807, 2.05) is 6.92 Å². The van der Waals surface area contributed by atoms with Crippen LogP contribution in [0.5, 0.6) is 0 Å². The Balaban J connectivity index is 2.05. The normalized spacial score (nSPS) is 11.0. The van der Waals surface area contributed by atoms with Gasteiger partial charge >= 0.3 is 5.97 Å². The lowest BCUT2D eigenvalue weighted by molar-refractivity contribution is -0.137. The number of aryl methyl sites for hydroxylation is 2. The van der Waals surface area contributed by atoms with E-state index >= 15 is 0 Å². The van der Waals surface area contributed by atoms with Crippen LogP contribution in [-0.2, 0) is 11.2 Å². The molecule has 0 aliphatic rings. The van der Waals surface area contributed by atoms with E-state index in [0.717, 1.165) is 15.8 Å². The number of aromatic nitrogens is 4. The molecular formula is C8H10N4O2S. The fourth-order valence-electron chi connectivity index (χ4n) is 1.25. The van der Waals surface area contributed by atoms with Crippen LogP contribution in [0.4, 0.5) is 0 Å². The summed E-state index contributed by atoms with van der Waals surface area (Å²) in [5.41, 5.74) is 0. The summed E-state index contributed by atoms with van der Waals surface area (Å²) >= 11 is 1.46. The first kappa shape index (κ1) is 10.0. The summed E-state index contributed by atoms with van der Waals surface area (Å²) < 4.78 is 1.68. The summed E-state index contributed by atoms with van der Waals surface area (Å²) in [7, 11) is 0. The number of hydrogen-bond donors (Lipinski definition) is 1. The van der Waals surface area contributed by atoms with E-state index < -0.39 is 5.97 Å². The number of rotatable bonds is 4. The van der Waals surface area contributed by atoms with Crippen molar-refractivity contribution in [3.8, 4) is 0 Å². The van der Waals surface area contributed by atoms with Gasteiger partial charge in [0.15, 0.2) is 5.82 Å². The highest BCUT2D eigenvalue weighted by Crippen LogP contribution is 2.15. The van der Waals surface area contributed by atoms with Crippen LogP contribution in [0.1, 0.15) is 23.7 Å². The van der Waals surface area contributed by atoms with Crippen LogP contribution in [-0.4, -0.2) is 30.9 Å². The molecule has 2 aromatic heterocycles. The van der Waals surface area contributed by atoms with Crippen LogP contribution in [0.15, 0.2) is 0 Å². The number of carboxylic acid groups (broad SMARTS) is 1. The van der Waals surface area contributed by atoms with E-state index in [1.165, 1.54) is 11.3 Å². The maximum Gasteiger partial charge on any atom is 0.303 e. The summed E-state index contributed by atoms with van der Waals surface area (Å²) in [6.07, 6.45) is 1.47. The van der Waals surface area contributed by atoms with Crippen molar-refractivity contribution in [1.29, 1.82) is 0 Å². The molecule has 7 heteroatoms. The Bertz CT molecular complexity index is 490. The highest BCUT2D eigenvalue weighted by molar-refractivity contribution is 7.16. The fraction of sp³-hybridized carbons (Fsp3) is 0.500. The van der Waals surface area contributed by atoms with Gasteiger partial charge in [0.25, 0.3) is 0 Å². The number of fused-ring (bicyclic) bond motifs is 1. The summed E-state index contributed by atoms with van der Waals surface area (Å²) in [5.74, 6) is -0.0140. The topological polar surface area (TPSA) is 80.4 Å². The third kappa shape index (κ3) is 2.12. The van der Waals surface area contributed by atoms with Gasteiger partial charge in [0.2, 0.25) is 4.96 Å². The summed E-state index contributed by atoms with van der Waals surface area (Å²) in [4.78, 5) is 11.1. The fourth-order valence-corrected chi connectivity index (χ4v) is 2.17. The van der Waals surface area contributed by atoms with E-state index in [2.05, 4.69) is 15.3 Å². The number of carboxylic acids is 1. The molecule has 0 unspecified atom stereocenters. The quantitative estimate of drug-likeness (QED) is 0.837. The zero-order valence-electron chi connectivity index (χ0n) is 8.17. The second-order valence-corrected chi connectivity index (χ2v) is 4.23. The first-order chi connectivity index (χ1) is 7.16. The molecule has 1 N–H and O–H groups in total. The van der Waals surface area contributed by atoms with E-state index in [4.69, 9.17) is 5.11 Å². The predicted molar refractivity (Wildman–Crippen MR) is 54.0 cm³/mol. The third-order valence-corrected chi connectivity index (χ3v) is 2.93. The monoisotopic (exact) mass is 226 g/mol. The largest absolute Gasteiger partial charge is 0.481 e. The van der Waals surface area contributed by atoms with Crippen LogP contribution in [0.3, 0.4) is 0 Å². The minimum atomic E-state index is -0.769. The van der Waals surface area contributed by atoms with E-state index in [9.17, 15) is 4.79 Å². The molecule has 0 aromatic carbocycles. The van der Waals surface area contributed by atoms with Crippen LogP contribution in [0.2, 0.25) is 0 Å². The lowest BCUT2D eigenvalue weighted by Gasteiger charge is -1.91. The Morgan fingerprint density at radius 2 is 2.33 bits per heavy atom. The third-order valence-electron chi connectivity index (χ3n) is 1.97. The van der Waals surface area contributed by atoms with Crippen molar-refractivity contribution in [1.82, 2.24) is 19.8 Å². The van der Waals surface area contributed by atoms with E-state index in [-0.39, 0.29) is 6.42 Å². The molecule has 0 saturated heterocycles. The molecule has 2 rings (SSSR count). The molecule has 6 nitrogen and oxygen atoms in total. The maximum atomic E-state index is 10.3. The Hall–Kier alpha value is -1.50. The molecule has 0 spiro atoms. The van der Waals surface area contributed by atoms with Crippen molar-refractivity contribution in [2.75, 3.05) is 0 Å². The highest BCUT2D eigenvalue weighted by atomic mass is 32.1. The van der Waals surface area contributed by atoms with E-state index in [1.54, 1.807) is 4.52 Å². The van der Waals surface area contributed by atoms with Crippen molar-refractivity contribution in [2.24, 2.45) is 0 Å². The SMILES string of the molecule is Cc1nnc2sc(CCCC(=O)O)nn12. The van der Waals surface area contributed by atoms with Gasteiger partial charge in [-0.25, -0.2) is 0 Å². The minimum Gasteiger partial charge on any atom is -0.481 e. The van der Waals surface area contributed by atoms with Gasteiger partial charge in [-0.3, -0.25) is 4.79 Å². The van der Waals surface area contributed by atoms with Gasteiger partial charge in [0.1, 0.15) is 5.01 Å². The van der Waals surface area contributed by atoms with Gasteiger partial charge in [-0.1, -0.05) is 11.3 Å². The van der Waals surface area contributed by atoms with Gasteiger partial charge in [-0.15, -0.1) is 10.2 Å². The summed E-state index contributed by atoms with van der Waals surface area (Å²) in [6, 6.07) is 0. The van der Waals surface area contributed by atoms with Crippen LogP contribution in [0.25, 0.3) is 4.96 Å². The highest BCUT2D eigenvalue weighted by Gasteiger charge is 2.08. The first-order valence-corrected chi connectivity index (χ1v) is 5.38. The molecule has 0 amide bonds. The van der Waals surface area contributed by atoms with Crippen molar-refractivity contribution in [3.05, 3.63) is 10.8 Å². The molecule has 0 aliphatic carbocycles. The average molecular weight is 226 g/mol. The molecule has 15 heavy (non-hydrogen) atoms. The molecule has 2 heterocycles. The number of carbonyl (C=O) groups is 1. The van der Waals surface area contributed by atoms with Crippen LogP contribution in [0, 0.1) is 6.92 Å². The van der Waals surface area contributed by atoms with Crippen LogP contribution >= 0.6 is 11.3 Å². The smallest absolute Gasteiger partial charge is 0.303 e. The Morgan fingerprint density at radius 1 is 1.53 bits per heavy atom. The van der Waals surface area contributed by atoms with Gasteiger partial charge in [-0.2, -0.15) is 9.61 Å². The Kier molecular flexibility index (Phi) is 2.63. The number of nitrogens with zero attached hydrogens (tertiary/aromatic N) is 4. The minimum absolute atomic E-state index is 0.180. The van der Waals surface area contributed by atoms with Gasteiger partial charge in [-0.05, 0) is 13.3 Å². The van der Waals surface area contributed by atoms with Crippen LogP contribution < -0.4 is 0 Å². The standard InChI is InChI=1S/C8H10N4O2S/c1-5-9-10-8-12(5)11-6(15-8)3-2-4-7(13)14/h2-4H2,1H3,(H,13,14). The molecular weight excluding hydrogens is 216 g/mol. The first-order valence-electron chi connectivity index (χ1n) is 4.56. The molecule has 80 valence electrons. The van der Waals surface area contributed by atoms with Gasteiger partial charge in [0.05, 0.1) is 0 Å². The van der Waals surface area contributed by atoms with Crippen molar-refractivity contribution in [3.63, 3.8) is 0 Å².